The number of hydrogen-bond acceptors (Lipinski definition) is 4. The van der Waals surface area contributed by atoms with Gasteiger partial charge >= 0.3 is 0 Å². The number of fused-ring (bicyclic) bond motifs is 1. The molecule has 1 saturated heterocycles. The number of aromatic nitrogens is 2. The van der Waals surface area contributed by atoms with Crippen LogP contribution in [-0.2, 0) is 16.1 Å². The monoisotopic (exact) mass is 370 g/mol. The number of carbonyl (C=O) groups is 2. The molecule has 0 bridgehead atoms. The first kappa shape index (κ1) is 19.1. The maximum atomic E-state index is 12.5. The van der Waals surface area contributed by atoms with Gasteiger partial charge in [-0.1, -0.05) is 32.9 Å². The molecular formula is C20H26N4O3. The van der Waals surface area contributed by atoms with Crippen LogP contribution in [0.2, 0.25) is 0 Å². The number of benzene rings is 1. The van der Waals surface area contributed by atoms with E-state index in [0.717, 1.165) is 0 Å². The van der Waals surface area contributed by atoms with Gasteiger partial charge in [-0.3, -0.25) is 19.0 Å². The van der Waals surface area contributed by atoms with Gasteiger partial charge < -0.3 is 9.80 Å². The molecule has 0 aliphatic carbocycles. The van der Waals surface area contributed by atoms with Gasteiger partial charge in [-0.2, -0.15) is 0 Å². The van der Waals surface area contributed by atoms with Crippen LogP contribution in [0.5, 0.6) is 0 Å². The first-order valence-electron chi connectivity index (χ1n) is 9.29. The molecule has 0 atom stereocenters. The van der Waals surface area contributed by atoms with Gasteiger partial charge in [0.05, 0.1) is 17.2 Å². The zero-order valence-corrected chi connectivity index (χ0v) is 16.1. The third-order valence-corrected chi connectivity index (χ3v) is 4.86. The summed E-state index contributed by atoms with van der Waals surface area (Å²) in [7, 11) is 0. The molecule has 0 N–H and O–H groups in total. The molecule has 3 rings (SSSR count). The standard InChI is InChI=1S/C20H26N4O3/c1-20(2,3)19(27)23-12-10-22(11-13-23)17(25)8-9-24-14-21-16-7-5-4-6-15(16)18(24)26/h4-7,14H,8-13H2,1-3H3. The maximum absolute atomic E-state index is 12.5. The van der Waals surface area contributed by atoms with Crippen LogP contribution in [0.15, 0.2) is 35.4 Å². The van der Waals surface area contributed by atoms with Crippen LogP contribution < -0.4 is 5.56 Å². The van der Waals surface area contributed by atoms with Gasteiger partial charge in [-0.05, 0) is 12.1 Å². The SMILES string of the molecule is CC(C)(C)C(=O)N1CCN(C(=O)CCn2cnc3ccccc3c2=O)CC1. The third kappa shape index (κ3) is 4.18. The van der Waals surface area contributed by atoms with Gasteiger partial charge in [0.15, 0.2) is 0 Å². The summed E-state index contributed by atoms with van der Waals surface area (Å²) < 4.78 is 1.49. The second-order valence-electron chi connectivity index (χ2n) is 7.93. The van der Waals surface area contributed by atoms with E-state index in [1.54, 1.807) is 23.1 Å². The molecule has 1 aromatic carbocycles. The van der Waals surface area contributed by atoms with Crippen LogP contribution in [-0.4, -0.2) is 57.3 Å². The lowest BCUT2D eigenvalue weighted by molar-refractivity contribution is -0.145. The minimum atomic E-state index is -0.406. The Bertz CT molecular complexity index is 905. The fraction of sp³-hybridized carbons (Fsp3) is 0.500. The lowest BCUT2D eigenvalue weighted by Gasteiger charge is -2.37. The molecule has 1 aliphatic heterocycles. The van der Waals surface area contributed by atoms with Crippen LogP contribution in [0.3, 0.4) is 0 Å². The first-order chi connectivity index (χ1) is 12.8. The molecule has 1 fully saturated rings. The van der Waals surface area contributed by atoms with E-state index in [1.165, 1.54) is 10.9 Å². The summed E-state index contributed by atoms with van der Waals surface area (Å²) >= 11 is 0. The Morgan fingerprint density at radius 1 is 1.04 bits per heavy atom. The van der Waals surface area contributed by atoms with E-state index in [2.05, 4.69) is 4.98 Å². The molecule has 0 spiro atoms. The second-order valence-corrected chi connectivity index (χ2v) is 7.93. The Balaban J connectivity index is 1.57. The van der Waals surface area contributed by atoms with Crippen LogP contribution in [0.25, 0.3) is 10.9 Å². The molecule has 2 amide bonds. The van der Waals surface area contributed by atoms with E-state index in [-0.39, 0.29) is 23.8 Å². The maximum Gasteiger partial charge on any atom is 0.261 e. The van der Waals surface area contributed by atoms with Crippen LogP contribution in [0.4, 0.5) is 0 Å². The molecule has 1 aliphatic rings. The highest BCUT2D eigenvalue weighted by Crippen LogP contribution is 2.18. The number of para-hydroxylation sites is 1. The smallest absolute Gasteiger partial charge is 0.261 e. The molecule has 2 heterocycles. The molecule has 2 aromatic rings. The van der Waals surface area contributed by atoms with Crippen molar-refractivity contribution in [3.63, 3.8) is 0 Å². The van der Waals surface area contributed by atoms with E-state index in [0.29, 0.717) is 43.6 Å². The lowest BCUT2D eigenvalue weighted by atomic mass is 9.94. The second kappa shape index (κ2) is 7.50. The molecule has 27 heavy (non-hydrogen) atoms. The van der Waals surface area contributed by atoms with E-state index >= 15 is 0 Å². The topological polar surface area (TPSA) is 75.5 Å². The molecule has 144 valence electrons. The summed E-state index contributed by atoms with van der Waals surface area (Å²) in [4.78, 5) is 45.2. The Morgan fingerprint density at radius 3 is 2.33 bits per heavy atom. The number of amides is 2. The van der Waals surface area contributed by atoms with E-state index in [4.69, 9.17) is 0 Å². The molecule has 0 unspecified atom stereocenters. The van der Waals surface area contributed by atoms with Gasteiger partial charge in [0.25, 0.3) is 5.56 Å². The highest BCUT2D eigenvalue weighted by molar-refractivity contribution is 5.82. The first-order valence-corrected chi connectivity index (χ1v) is 9.29. The van der Waals surface area contributed by atoms with E-state index in [9.17, 15) is 14.4 Å². The molecule has 7 heteroatoms. The quantitative estimate of drug-likeness (QED) is 0.821. The zero-order chi connectivity index (χ0) is 19.6. The van der Waals surface area contributed by atoms with Gasteiger partial charge in [0, 0.05) is 44.6 Å². The third-order valence-electron chi connectivity index (χ3n) is 4.86. The minimum absolute atomic E-state index is 0.00193. The van der Waals surface area contributed by atoms with Crippen molar-refractivity contribution < 1.29 is 9.59 Å². The van der Waals surface area contributed by atoms with Crippen LogP contribution in [0.1, 0.15) is 27.2 Å². The number of aryl methyl sites for hydroxylation is 1. The summed E-state index contributed by atoms with van der Waals surface area (Å²) in [5.74, 6) is 0.112. The Hall–Kier alpha value is -2.70. The van der Waals surface area contributed by atoms with Gasteiger partial charge in [-0.15, -0.1) is 0 Å². The van der Waals surface area contributed by atoms with Crippen LogP contribution in [0, 0.1) is 5.41 Å². The number of nitrogens with zero attached hydrogens (tertiary/aromatic N) is 4. The molecule has 0 saturated carbocycles. The van der Waals surface area contributed by atoms with Crippen LogP contribution >= 0.6 is 0 Å². The van der Waals surface area contributed by atoms with Gasteiger partial charge in [0.2, 0.25) is 11.8 Å². The Kier molecular flexibility index (Phi) is 5.30. The molecule has 0 radical (unpaired) electrons. The Morgan fingerprint density at radius 2 is 1.67 bits per heavy atom. The average molecular weight is 370 g/mol. The lowest BCUT2D eigenvalue weighted by Crippen LogP contribution is -2.53. The molecule has 1 aromatic heterocycles. The number of piperazine rings is 1. The predicted octanol–water partition coefficient (Wildman–Crippen LogP) is 1.50. The van der Waals surface area contributed by atoms with Crippen molar-refractivity contribution in [2.24, 2.45) is 5.41 Å². The van der Waals surface area contributed by atoms with Crippen molar-refractivity contribution in [3.8, 4) is 0 Å². The summed E-state index contributed by atoms with van der Waals surface area (Å²) in [5.41, 5.74) is 0.120. The van der Waals surface area contributed by atoms with Crippen molar-refractivity contribution in [1.29, 1.82) is 0 Å². The van der Waals surface area contributed by atoms with Gasteiger partial charge in [0.1, 0.15) is 0 Å². The van der Waals surface area contributed by atoms with Crippen molar-refractivity contribution in [2.45, 2.75) is 33.7 Å². The number of carbonyl (C=O) groups excluding carboxylic acids is 2. The van der Waals surface area contributed by atoms with Crippen molar-refractivity contribution in [1.82, 2.24) is 19.4 Å². The Labute approximate surface area is 158 Å². The average Bonchev–Trinajstić information content (AvgIpc) is 2.66. The normalized spacial score (nSPS) is 15.2. The zero-order valence-electron chi connectivity index (χ0n) is 16.1. The van der Waals surface area contributed by atoms with Crippen molar-refractivity contribution in [2.75, 3.05) is 26.2 Å². The van der Waals surface area contributed by atoms with Crippen molar-refractivity contribution >= 4 is 22.7 Å². The molecule has 7 nitrogen and oxygen atoms in total. The predicted molar refractivity (Wildman–Crippen MR) is 103 cm³/mol. The highest BCUT2D eigenvalue weighted by Gasteiger charge is 2.30. The molecular weight excluding hydrogens is 344 g/mol. The summed E-state index contributed by atoms with van der Waals surface area (Å²) in [6.45, 7) is 8.19. The fourth-order valence-electron chi connectivity index (χ4n) is 3.27. The van der Waals surface area contributed by atoms with E-state index in [1.807, 2.05) is 31.7 Å². The van der Waals surface area contributed by atoms with Gasteiger partial charge in [-0.25, -0.2) is 4.98 Å². The largest absolute Gasteiger partial charge is 0.339 e. The summed E-state index contributed by atoms with van der Waals surface area (Å²) in [6, 6.07) is 7.19. The number of rotatable bonds is 3. The van der Waals surface area contributed by atoms with E-state index < -0.39 is 5.41 Å². The highest BCUT2D eigenvalue weighted by atomic mass is 16.2. The fourth-order valence-corrected chi connectivity index (χ4v) is 3.27. The summed E-state index contributed by atoms with van der Waals surface area (Å²) in [6.07, 6.45) is 1.74. The number of hydrogen-bond donors (Lipinski definition) is 0. The summed E-state index contributed by atoms with van der Waals surface area (Å²) in [5, 5.41) is 0.557. The van der Waals surface area contributed by atoms with Crippen molar-refractivity contribution in [3.05, 3.63) is 40.9 Å². The minimum Gasteiger partial charge on any atom is -0.339 e.